The van der Waals surface area contributed by atoms with E-state index >= 15 is 0 Å². The summed E-state index contributed by atoms with van der Waals surface area (Å²) in [6.07, 6.45) is 1.66. The van der Waals surface area contributed by atoms with E-state index in [1.807, 2.05) is 26.0 Å². The number of aliphatic imine (C=N–C) groups is 1. The lowest BCUT2D eigenvalue weighted by Crippen LogP contribution is -2.38. The monoisotopic (exact) mass is 418 g/mol. The van der Waals surface area contributed by atoms with Crippen LogP contribution in [0.1, 0.15) is 35.6 Å². The van der Waals surface area contributed by atoms with Crippen LogP contribution in [0.4, 0.5) is 0 Å². The van der Waals surface area contributed by atoms with Crippen molar-refractivity contribution in [2.24, 2.45) is 4.99 Å². The average molecular weight is 418 g/mol. The highest BCUT2D eigenvalue weighted by atomic mass is 127. The fourth-order valence-electron chi connectivity index (χ4n) is 2.35. The Labute approximate surface area is 147 Å². The van der Waals surface area contributed by atoms with E-state index in [2.05, 4.69) is 27.7 Å². The summed E-state index contributed by atoms with van der Waals surface area (Å²) in [7, 11) is 1.75. The molecule has 1 atom stereocenters. The Bertz CT molecular complexity index is 573. The molecule has 0 radical (unpaired) electrons. The van der Waals surface area contributed by atoms with Gasteiger partial charge in [0.1, 0.15) is 11.5 Å². The van der Waals surface area contributed by atoms with E-state index in [1.165, 1.54) is 0 Å². The summed E-state index contributed by atoms with van der Waals surface area (Å²) in [6, 6.07) is 3.79. The zero-order valence-electron chi connectivity index (χ0n) is 13.3. The maximum Gasteiger partial charge on any atom is 0.191 e. The Hall–Kier alpha value is -1.51. The van der Waals surface area contributed by atoms with E-state index < -0.39 is 0 Å². The third-order valence-corrected chi connectivity index (χ3v) is 3.39. The molecule has 0 aliphatic rings. The molecule has 122 valence electrons. The first kappa shape index (κ1) is 18.5. The molecule has 0 amide bonds. The molecule has 2 heterocycles. The summed E-state index contributed by atoms with van der Waals surface area (Å²) < 4.78 is 10.5. The van der Waals surface area contributed by atoms with Gasteiger partial charge in [-0.3, -0.25) is 4.99 Å². The maximum absolute atomic E-state index is 5.28. The standard InChI is InChI=1S/C15H22N4O2.HI/c1-10(14-11(2)19-21-12(14)3)8-17-15(16-4)18-9-13-6-5-7-20-13;/h5-7,10H,8-9H2,1-4H3,(H2,16,17,18);1H. The maximum atomic E-state index is 5.28. The Morgan fingerprint density at radius 3 is 2.68 bits per heavy atom. The van der Waals surface area contributed by atoms with Crippen LogP contribution in [0.2, 0.25) is 0 Å². The molecule has 0 aliphatic heterocycles. The lowest BCUT2D eigenvalue weighted by Gasteiger charge is -2.15. The highest BCUT2D eigenvalue weighted by Crippen LogP contribution is 2.22. The van der Waals surface area contributed by atoms with E-state index in [1.54, 1.807) is 13.3 Å². The predicted molar refractivity (Wildman–Crippen MR) is 96.7 cm³/mol. The Morgan fingerprint density at radius 1 is 1.36 bits per heavy atom. The van der Waals surface area contributed by atoms with Crippen LogP contribution in [-0.2, 0) is 6.54 Å². The predicted octanol–water partition coefficient (Wildman–Crippen LogP) is 2.97. The molecule has 6 nitrogen and oxygen atoms in total. The van der Waals surface area contributed by atoms with Gasteiger partial charge in [-0.15, -0.1) is 24.0 Å². The second-order valence-electron chi connectivity index (χ2n) is 5.02. The van der Waals surface area contributed by atoms with E-state index in [-0.39, 0.29) is 24.0 Å². The highest BCUT2D eigenvalue weighted by Gasteiger charge is 2.16. The van der Waals surface area contributed by atoms with Gasteiger partial charge in [0.15, 0.2) is 5.96 Å². The normalized spacial score (nSPS) is 12.6. The van der Waals surface area contributed by atoms with Crippen LogP contribution in [0.25, 0.3) is 0 Å². The molecule has 1 unspecified atom stereocenters. The van der Waals surface area contributed by atoms with Crippen molar-refractivity contribution in [2.45, 2.75) is 33.2 Å². The van der Waals surface area contributed by atoms with Crippen molar-refractivity contribution >= 4 is 29.9 Å². The fourth-order valence-corrected chi connectivity index (χ4v) is 2.35. The highest BCUT2D eigenvalue weighted by molar-refractivity contribution is 14.0. The quantitative estimate of drug-likeness (QED) is 0.444. The summed E-state index contributed by atoms with van der Waals surface area (Å²) >= 11 is 0. The Morgan fingerprint density at radius 2 is 2.14 bits per heavy atom. The molecular formula is C15H23IN4O2. The van der Waals surface area contributed by atoms with E-state index in [9.17, 15) is 0 Å². The number of aryl methyl sites for hydroxylation is 2. The number of furan rings is 1. The van der Waals surface area contributed by atoms with Crippen LogP contribution in [0.5, 0.6) is 0 Å². The minimum absolute atomic E-state index is 0. The molecule has 2 aromatic rings. The van der Waals surface area contributed by atoms with Gasteiger partial charge < -0.3 is 19.6 Å². The van der Waals surface area contributed by atoms with Gasteiger partial charge in [-0.2, -0.15) is 0 Å². The molecule has 0 spiro atoms. The van der Waals surface area contributed by atoms with Crippen molar-refractivity contribution in [3.05, 3.63) is 41.2 Å². The Kier molecular flexibility index (Phi) is 7.43. The summed E-state index contributed by atoms with van der Waals surface area (Å²) in [5.41, 5.74) is 2.10. The number of nitrogens with zero attached hydrogens (tertiary/aromatic N) is 2. The summed E-state index contributed by atoms with van der Waals surface area (Å²) in [5.74, 6) is 2.78. The van der Waals surface area contributed by atoms with Crippen molar-refractivity contribution < 1.29 is 8.94 Å². The van der Waals surface area contributed by atoms with Crippen LogP contribution in [-0.4, -0.2) is 24.7 Å². The van der Waals surface area contributed by atoms with Crippen LogP contribution in [0.15, 0.2) is 32.3 Å². The SMILES string of the molecule is CN=C(NCc1ccco1)NCC(C)c1c(C)noc1C.I. The molecule has 2 aromatic heterocycles. The van der Waals surface area contributed by atoms with Crippen LogP contribution in [0.3, 0.4) is 0 Å². The minimum Gasteiger partial charge on any atom is -0.467 e. The number of hydrogen-bond donors (Lipinski definition) is 2. The largest absolute Gasteiger partial charge is 0.467 e. The number of hydrogen-bond acceptors (Lipinski definition) is 4. The first-order chi connectivity index (χ1) is 10.1. The van der Waals surface area contributed by atoms with Crippen LogP contribution < -0.4 is 10.6 Å². The molecule has 0 saturated carbocycles. The molecule has 0 aromatic carbocycles. The summed E-state index contributed by atoms with van der Waals surface area (Å²) in [5, 5.41) is 10.5. The first-order valence-corrected chi connectivity index (χ1v) is 7.01. The third kappa shape index (κ3) is 4.75. The third-order valence-electron chi connectivity index (χ3n) is 3.39. The molecule has 2 rings (SSSR count). The lowest BCUT2D eigenvalue weighted by atomic mass is 10.00. The molecule has 2 N–H and O–H groups in total. The van der Waals surface area contributed by atoms with Gasteiger partial charge in [-0.1, -0.05) is 12.1 Å². The van der Waals surface area contributed by atoms with Gasteiger partial charge in [0.05, 0.1) is 18.5 Å². The Balaban J connectivity index is 0.00000242. The van der Waals surface area contributed by atoms with Crippen molar-refractivity contribution in [1.82, 2.24) is 15.8 Å². The molecule has 22 heavy (non-hydrogen) atoms. The summed E-state index contributed by atoms with van der Waals surface area (Å²) in [4.78, 5) is 4.20. The molecule has 0 saturated heterocycles. The van der Waals surface area contributed by atoms with E-state index in [4.69, 9.17) is 8.94 Å². The second kappa shape index (κ2) is 8.82. The molecular weight excluding hydrogens is 395 g/mol. The summed E-state index contributed by atoms with van der Waals surface area (Å²) in [6.45, 7) is 7.40. The van der Waals surface area contributed by atoms with Gasteiger partial charge in [0, 0.05) is 25.1 Å². The molecule has 0 aliphatic carbocycles. The van der Waals surface area contributed by atoms with Gasteiger partial charge in [0.2, 0.25) is 0 Å². The van der Waals surface area contributed by atoms with E-state index in [0.717, 1.165) is 35.3 Å². The lowest BCUT2D eigenvalue weighted by molar-refractivity contribution is 0.391. The fraction of sp³-hybridized carbons (Fsp3) is 0.467. The molecule has 0 bridgehead atoms. The van der Waals surface area contributed by atoms with Crippen molar-refractivity contribution in [3.8, 4) is 0 Å². The zero-order chi connectivity index (χ0) is 15.2. The molecule has 7 heteroatoms. The van der Waals surface area contributed by atoms with Crippen LogP contribution in [0, 0.1) is 13.8 Å². The topological polar surface area (TPSA) is 75.6 Å². The van der Waals surface area contributed by atoms with Crippen molar-refractivity contribution in [1.29, 1.82) is 0 Å². The molecule has 0 fully saturated rings. The van der Waals surface area contributed by atoms with Gasteiger partial charge in [-0.25, -0.2) is 0 Å². The average Bonchev–Trinajstić information content (AvgIpc) is 3.09. The zero-order valence-corrected chi connectivity index (χ0v) is 15.7. The van der Waals surface area contributed by atoms with Crippen molar-refractivity contribution in [2.75, 3.05) is 13.6 Å². The number of guanidine groups is 1. The van der Waals surface area contributed by atoms with Crippen molar-refractivity contribution in [3.63, 3.8) is 0 Å². The van der Waals surface area contributed by atoms with Crippen LogP contribution >= 0.6 is 24.0 Å². The van der Waals surface area contributed by atoms with E-state index in [0.29, 0.717) is 12.5 Å². The smallest absolute Gasteiger partial charge is 0.191 e. The number of rotatable bonds is 5. The van der Waals surface area contributed by atoms with Gasteiger partial charge >= 0.3 is 0 Å². The minimum atomic E-state index is 0. The number of halogens is 1. The van der Waals surface area contributed by atoms with Gasteiger partial charge in [0.25, 0.3) is 0 Å². The second-order valence-corrected chi connectivity index (χ2v) is 5.02. The number of aromatic nitrogens is 1. The number of nitrogens with one attached hydrogen (secondary N) is 2. The van der Waals surface area contributed by atoms with Gasteiger partial charge in [-0.05, 0) is 26.0 Å². The first-order valence-electron chi connectivity index (χ1n) is 7.01.